The number of nitrogens with one attached hydrogen (secondary N) is 1. The topological polar surface area (TPSA) is 130 Å². The highest BCUT2D eigenvalue weighted by Gasteiger charge is 2.33. The summed E-state index contributed by atoms with van der Waals surface area (Å²) < 4.78 is 19.7. The fraction of sp³-hybridized carbons (Fsp3) is 0.357. The molecular formula is C28H31N7O4. The highest BCUT2D eigenvalue weighted by molar-refractivity contribution is 5.86. The van der Waals surface area contributed by atoms with Crippen LogP contribution < -0.4 is 25.4 Å². The van der Waals surface area contributed by atoms with E-state index in [1.807, 2.05) is 54.4 Å². The van der Waals surface area contributed by atoms with Gasteiger partial charge >= 0.3 is 0 Å². The minimum absolute atomic E-state index is 0.0494. The molecule has 3 N–H and O–H groups in total. The number of methoxy groups -OCH3 is 1. The SMILES string of the molecule is COc1ccc2cc1Oc1cccc(c1)CO[C@H]1CCN(c3nc(N)c4cnn(C)c4n3)C[C@H]1NC(=O)CC2. The molecule has 2 aromatic heterocycles. The van der Waals surface area contributed by atoms with Gasteiger partial charge in [0, 0.05) is 26.6 Å². The zero-order valence-corrected chi connectivity index (χ0v) is 22.0. The van der Waals surface area contributed by atoms with Crippen LogP contribution in [-0.4, -0.2) is 58.0 Å². The molecule has 2 aliphatic rings. The van der Waals surface area contributed by atoms with E-state index in [9.17, 15) is 4.79 Å². The second-order valence-corrected chi connectivity index (χ2v) is 9.91. The molecule has 6 rings (SSSR count). The lowest BCUT2D eigenvalue weighted by atomic mass is 10.0. The molecule has 1 saturated heterocycles. The number of fused-ring (bicyclic) bond motifs is 6. The van der Waals surface area contributed by atoms with Gasteiger partial charge in [-0.1, -0.05) is 18.2 Å². The zero-order valence-electron chi connectivity index (χ0n) is 22.0. The summed E-state index contributed by atoms with van der Waals surface area (Å²) in [7, 11) is 3.44. The molecule has 0 spiro atoms. The van der Waals surface area contributed by atoms with Crippen LogP contribution in [0.15, 0.2) is 48.7 Å². The van der Waals surface area contributed by atoms with Crippen molar-refractivity contribution < 1.29 is 19.0 Å². The van der Waals surface area contributed by atoms with Crippen molar-refractivity contribution in [3.8, 4) is 17.2 Å². The van der Waals surface area contributed by atoms with Crippen LogP contribution in [0.3, 0.4) is 0 Å². The molecular weight excluding hydrogens is 498 g/mol. The lowest BCUT2D eigenvalue weighted by molar-refractivity contribution is -0.123. The minimum atomic E-state index is -0.255. The number of amides is 1. The van der Waals surface area contributed by atoms with E-state index in [0.717, 1.165) is 16.5 Å². The van der Waals surface area contributed by atoms with Crippen LogP contribution in [0.2, 0.25) is 0 Å². The first-order valence-corrected chi connectivity index (χ1v) is 13.0. The van der Waals surface area contributed by atoms with Gasteiger partial charge in [-0.25, -0.2) is 0 Å². The van der Waals surface area contributed by atoms with Crippen LogP contribution in [0.1, 0.15) is 24.0 Å². The predicted molar refractivity (Wildman–Crippen MR) is 146 cm³/mol. The number of hydrogen-bond donors (Lipinski definition) is 2. The maximum Gasteiger partial charge on any atom is 0.229 e. The van der Waals surface area contributed by atoms with Gasteiger partial charge in [-0.3, -0.25) is 9.48 Å². The molecule has 1 fully saturated rings. The van der Waals surface area contributed by atoms with Crippen molar-refractivity contribution in [3.05, 3.63) is 59.8 Å². The van der Waals surface area contributed by atoms with Gasteiger partial charge in [-0.05, 0) is 48.2 Å². The Morgan fingerprint density at radius 3 is 2.90 bits per heavy atom. The normalized spacial score (nSPS) is 19.8. The third kappa shape index (κ3) is 5.17. The zero-order chi connectivity index (χ0) is 26.9. The molecule has 0 radical (unpaired) electrons. The molecule has 4 aromatic rings. The third-order valence-electron chi connectivity index (χ3n) is 7.25. The second kappa shape index (κ2) is 10.4. The number of aromatic nitrogens is 4. The largest absolute Gasteiger partial charge is 0.493 e. The first kappa shape index (κ1) is 24.9. The van der Waals surface area contributed by atoms with Gasteiger partial charge in [0.15, 0.2) is 17.1 Å². The molecule has 2 aromatic carbocycles. The van der Waals surface area contributed by atoms with Gasteiger partial charge < -0.3 is 30.2 Å². The predicted octanol–water partition coefficient (Wildman–Crippen LogP) is 2.97. The van der Waals surface area contributed by atoms with E-state index >= 15 is 0 Å². The van der Waals surface area contributed by atoms with Crippen LogP contribution in [-0.2, 0) is 29.6 Å². The van der Waals surface area contributed by atoms with Crippen LogP contribution in [0.25, 0.3) is 11.0 Å². The van der Waals surface area contributed by atoms with E-state index in [4.69, 9.17) is 24.9 Å². The van der Waals surface area contributed by atoms with E-state index in [-0.39, 0.29) is 18.1 Å². The minimum Gasteiger partial charge on any atom is -0.493 e. The summed E-state index contributed by atoms with van der Waals surface area (Å²) >= 11 is 0. The number of rotatable bonds is 2. The molecule has 1 amide bonds. The monoisotopic (exact) mass is 529 g/mol. The molecule has 0 unspecified atom stereocenters. The molecule has 11 nitrogen and oxygen atoms in total. The quantitative estimate of drug-likeness (QED) is 0.402. The van der Waals surface area contributed by atoms with Gasteiger partial charge in [0.25, 0.3) is 0 Å². The number of benzene rings is 2. The Morgan fingerprint density at radius 2 is 2.03 bits per heavy atom. The third-order valence-corrected chi connectivity index (χ3v) is 7.25. The van der Waals surface area contributed by atoms with Crippen LogP contribution in [0.5, 0.6) is 17.2 Å². The Kier molecular flexibility index (Phi) is 6.65. The maximum atomic E-state index is 13.1. The number of carbonyl (C=O) groups is 1. The average molecular weight is 530 g/mol. The first-order chi connectivity index (χ1) is 19.0. The molecule has 11 heteroatoms. The number of hydrogen-bond acceptors (Lipinski definition) is 9. The summed E-state index contributed by atoms with van der Waals surface area (Å²) in [6.45, 7) is 1.54. The van der Waals surface area contributed by atoms with Crippen molar-refractivity contribution in [2.24, 2.45) is 7.05 Å². The number of ether oxygens (including phenoxy) is 3. The van der Waals surface area contributed by atoms with Crippen molar-refractivity contribution in [1.82, 2.24) is 25.1 Å². The Balaban J connectivity index is 1.28. The van der Waals surface area contributed by atoms with Crippen molar-refractivity contribution >= 4 is 28.7 Å². The Morgan fingerprint density at radius 1 is 1.13 bits per heavy atom. The fourth-order valence-corrected chi connectivity index (χ4v) is 5.15. The fourth-order valence-electron chi connectivity index (χ4n) is 5.15. The van der Waals surface area contributed by atoms with E-state index < -0.39 is 0 Å². The number of nitrogen functional groups attached to an aromatic ring is 1. The number of nitrogens with zero attached hydrogens (tertiary/aromatic N) is 5. The molecule has 202 valence electrons. The Hall–Kier alpha value is -4.38. The molecule has 4 heterocycles. The van der Waals surface area contributed by atoms with Crippen molar-refractivity contribution in [2.75, 3.05) is 30.8 Å². The molecule has 2 atom stereocenters. The average Bonchev–Trinajstić information content (AvgIpc) is 3.32. The molecule has 2 aliphatic heterocycles. The molecule has 39 heavy (non-hydrogen) atoms. The highest BCUT2D eigenvalue weighted by atomic mass is 16.5. The van der Waals surface area contributed by atoms with Crippen molar-refractivity contribution in [1.29, 1.82) is 0 Å². The Bertz CT molecular complexity index is 1520. The van der Waals surface area contributed by atoms with Gasteiger partial charge in [0.1, 0.15) is 11.6 Å². The number of carbonyl (C=O) groups excluding carboxylic acids is 1. The van der Waals surface area contributed by atoms with Crippen LogP contribution >= 0.6 is 0 Å². The van der Waals surface area contributed by atoms with Crippen molar-refractivity contribution in [3.63, 3.8) is 0 Å². The van der Waals surface area contributed by atoms with E-state index in [1.54, 1.807) is 18.0 Å². The van der Waals surface area contributed by atoms with Gasteiger partial charge in [0.05, 0.1) is 37.4 Å². The number of anilines is 2. The first-order valence-electron chi connectivity index (χ1n) is 13.0. The number of piperidine rings is 1. The van der Waals surface area contributed by atoms with Gasteiger partial charge in [-0.15, -0.1) is 0 Å². The molecule has 4 bridgehead atoms. The maximum absolute atomic E-state index is 13.1. The second-order valence-electron chi connectivity index (χ2n) is 9.91. The summed E-state index contributed by atoms with van der Waals surface area (Å²) in [5, 5.41) is 8.18. The van der Waals surface area contributed by atoms with Gasteiger partial charge in [-0.2, -0.15) is 15.1 Å². The smallest absolute Gasteiger partial charge is 0.229 e. The summed E-state index contributed by atoms with van der Waals surface area (Å²) in [6, 6.07) is 13.3. The number of nitrogens with two attached hydrogens (primary N) is 1. The summed E-state index contributed by atoms with van der Waals surface area (Å²) in [5.74, 6) is 2.79. The summed E-state index contributed by atoms with van der Waals surface area (Å²) in [6.07, 6.45) is 3.06. The number of aryl methyl sites for hydroxylation is 2. The standard InChI is InChI=1S/C28H31N7O4/c1-34-27-20(14-30-34)26(29)32-28(33-27)35-11-10-22-21(15-35)31-25(36)9-7-17-6-8-23(37-2)24(13-17)39-19-5-3-4-18(12-19)16-38-22/h3-6,8,12-14,21-22H,7,9-11,15-16H2,1-2H3,(H,31,36)(H2,29,32,33)/t21-,22+/m1/s1. The lowest BCUT2D eigenvalue weighted by Gasteiger charge is -2.38. The summed E-state index contributed by atoms with van der Waals surface area (Å²) in [4.78, 5) is 24.4. The van der Waals surface area contributed by atoms with Crippen molar-refractivity contribution in [2.45, 2.75) is 38.0 Å². The van der Waals surface area contributed by atoms with E-state index in [0.29, 0.717) is 73.6 Å². The highest BCUT2D eigenvalue weighted by Crippen LogP contribution is 2.33. The van der Waals surface area contributed by atoms with Gasteiger partial charge in [0.2, 0.25) is 11.9 Å². The lowest BCUT2D eigenvalue weighted by Crippen LogP contribution is -2.56. The van der Waals surface area contributed by atoms with Crippen LogP contribution in [0, 0.1) is 0 Å². The van der Waals surface area contributed by atoms with E-state index in [1.165, 1.54) is 0 Å². The van der Waals surface area contributed by atoms with Crippen LogP contribution in [0.4, 0.5) is 11.8 Å². The Labute approximate surface area is 225 Å². The molecule has 0 aliphatic carbocycles. The summed E-state index contributed by atoms with van der Waals surface area (Å²) in [5.41, 5.74) is 8.85. The molecule has 0 saturated carbocycles. The van der Waals surface area contributed by atoms with E-state index in [2.05, 4.69) is 15.4 Å².